The molecule has 0 N–H and O–H groups in total. The van der Waals surface area contributed by atoms with Gasteiger partial charge in [0, 0.05) is 0 Å². The molecule has 0 aliphatic heterocycles. The number of nitro groups is 2. The molecule has 0 unspecified atom stereocenters. The Hall–Kier alpha value is -1.92. The predicted molar refractivity (Wildman–Crippen MR) is 57.2 cm³/mol. The van der Waals surface area contributed by atoms with E-state index in [0.717, 1.165) is 12.5 Å². The standard InChI is InChI=1S/C9H13N3O4/c1-7(2)3-4-10-6-8(11(13)14)5-9(10)12(15)16/h5-7H,3-4H2,1-2H3. The van der Waals surface area contributed by atoms with Crippen LogP contribution in [0.25, 0.3) is 0 Å². The van der Waals surface area contributed by atoms with E-state index in [2.05, 4.69) is 0 Å². The molecule has 0 aliphatic rings. The second-order valence-electron chi connectivity index (χ2n) is 3.95. The molecule has 1 aromatic rings. The van der Waals surface area contributed by atoms with E-state index in [1.54, 1.807) is 0 Å². The molecule has 0 atom stereocenters. The zero-order chi connectivity index (χ0) is 12.3. The third-order valence-electron chi connectivity index (χ3n) is 2.20. The molecule has 88 valence electrons. The van der Waals surface area contributed by atoms with Gasteiger partial charge in [0.25, 0.3) is 0 Å². The summed E-state index contributed by atoms with van der Waals surface area (Å²) in [6, 6.07) is 0.986. The van der Waals surface area contributed by atoms with Crippen molar-refractivity contribution in [3.63, 3.8) is 0 Å². The lowest BCUT2D eigenvalue weighted by atomic mass is 10.1. The Labute approximate surface area is 92.0 Å². The summed E-state index contributed by atoms with van der Waals surface area (Å²) in [7, 11) is 0. The smallest absolute Gasteiger partial charge is 0.330 e. The highest BCUT2D eigenvalue weighted by Gasteiger charge is 2.22. The van der Waals surface area contributed by atoms with Crippen LogP contribution < -0.4 is 0 Å². The Bertz CT molecular complexity index is 411. The Morgan fingerprint density at radius 1 is 1.31 bits per heavy atom. The van der Waals surface area contributed by atoms with Gasteiger partial charge < -0.3 is 10.1 Å². The number of hydrogen-bond acceptors (Lipinski definition) is 4. The van der Waals surface area contributed by atoms with Gasteiger partial charge in [-0.3, -0.25) is 10.1 Å². The van der Waals surface area contributed by atoms with Crippen LogP contribution in [0.15, 0.2) is 12.3 Å². The lowest BCUT2D eigenvalue weighted by molar-refractivity contribution is -0.395. The highest BCUT2D eigenvalue weighted by Crippen LogP contribution is 2.23. The van der Waals surface area contributed by atoms with Crippen LogP contribution in [0.3, 0.4) is 0 Å². The van der Waals surface area contributed by atoms with Crippen LogP contribution in [0.2, 0.25) is 0 Å². The molecule has 0 bridgehead atoms. The maximum Gasteiger partial charge on any atom is 0.330 e. The van der Waals surface area contributed by atoms with Crippen LogP contribution in [0.1, 0.15) is 20.3 Å². The zero-order valence-corrected chi connectivity index (χ0v) is 9.12. The minimum atomic E-state index is -0.626. The van der Waals surface area contributed by atoms with Gasteiger partial charge in [-0.15, -0.1) is 0 Å². The van der Waals surface area contributed by atoms with Crippen LogP contribution in [-0.4, -0.2) is 14.4 Å². The summed E-state index contributed by atoms with van der Waals surface area (Å²) in [5.41, 5.74) is -0.240. The normalized spacial score (nSPS) is 10.7. The van der Waals surface area contributed by atoms with Gasteiger partial charge in [-0.25, -0.2) is 4.57 Å². The molecule has 0 saturated heterocycles. The first kappa shape index (κ1) is 12.2. The third-order valence-corrected chi connectivity index (χ3v) is 2.20. The number of hydrogen-bond donors (Lipinski definition) is 0. The fraction of sp³-hybridized carbons (Fsp3) is 0.556. The lowest BCUT2D eigenvalue weighted by Gasteiger charge is -2.03. The van der Waals surface area contributed by atoms with Crippen LogP contribution in [-0.2, 0) is 6.54 Å². The first-order valence-electron chi connectivity index (χ1n) is 4.90. The van der Waals surface area contributed by atoms with Crippen LogP contribution in [0.5, 0.6) is 0 Å². The van der Waals surface area contributed by atoms with Crippen molar-refractivity contribution >= 4 is 11.5 Å². The summed E-state index contributed by atoms with van der Waals surface area (Å²) >= 11 is 0. The number of rotatable bonds is 5. The van der Waals surface area contributed by atoms with Gasteiger partial charge in [0.2, 0.25) is 0 Å². The second kappa shape index (κ2) is 4.73. The SMILES string of the molecule is CC(C)CCn1cc([N+](=O)[O-])cc1[N+](=O)[O-]. The van der Waals surface area contributed by atoms with Crippen molar-refractivity contribution in [2.75, 3.05) is 0 Å². The molecule has 1 aromatic heterocycles. The molecule has 7 nitrogen and oxygen atoms in total. The molecule has 0 fully saturated rings. The van der Waals surface area contributed by atoms with E-state index in [1.165, 1.54) is 10.8 Å². The molecular formula is C9H13N3O4. The molecular weight excluding hydrogens is 214 g/mol. The van der Waals surface area contributed by atoms with E-state index in [-0.39, 0.29) is 11.5 Å². The average molecular weight is 227 g/mol. The van der Waals surface area contributed by atoms with E-state index in [1.807, 2.05) is 13.8 Å². The van der Waals surface area contributed by atoms with Gasteiger partial charge >= 0.3 is 11.5 Å². The maximum absolute atomic E-state index is 10.7. The summed E-state index contributed by atoms with van der Waals surface area (Å²) in [5, 5.41) is 21.2. The molecule has 0 saturated carbocycles. The summed E-state index contributed by atoms with van der Waals surface area (Å²) in [6.45, 7) is 4.40. The topological polar surface area (TPSA) is 91.2 Å². The van der Waals surface area contributed by atoms with E-state index >= 15 is 0 Å². The molecule has 1 rings (SSSR count). The highest BCUT2D eigenvalue weighted by molar-refractivity contribution is 5.39. The highest BCUT2D eigenvalue weighted by atomic mass is 16.6. The molecule has 0 spiro atoms. The van der Waals surface area contributed by atoms with Crippen molar-refractivity contribution in [3.05, 3.63) is 32.5 Å². The molecule has 0 amide bonds. The number of aromatic nitrogens is 1. The fourth-order valence-corrected chi connectivity index (χ4v) is 1.31. The lowest BCUT2D eigenvalue weighted by Crippen LogP contribution is -2.04. The quantitative estimate of drug-likeness (QED) is 0.570. The van der Waals surface area contributed by atoms with E-state index in [4.69, 9.17) is 0 Å². The van der Waals surface area contributed by atoms with Crippen molar-refractivity contribution in [3.8, 4) is 0 Å². The van der Waals surface area contributed by atoms with Crippen LogP contribution in [0.4, 0.5) is 11.5 Å². The zero-order valence-electron chi connectivity index (χ0n) is 9.12. The van der Waals surface area contributed by atoms with Gasteiger partial charge in [-0.2, -0.15) is 0 Å². The molecule has 7 heteroatoms. The minimum absolute atomic E-state index is 0.229. The van der Waals surface area contributed by atoms with E-state index in [0.29, 0.717) is 12.5 Å². The largest absolute Gasteiger partial charge is 0.358 e. The Morgan fingerprint density at radius 3 is 2.38 bits per heavy atom. The minimum Gasteiger partial charge on any atom is -0.358 e. The van der Waals surface area contributed by atoms with Crippen molar-refractivity contribution in [2.45, 2.75) is 26.8 Å². The molecule has 1 heterocycles. The van der Waals surface area contributed by atoms with Gasteiger partial charge in [-0.1, -0.05) is 13.8 Å². The van der Waals surface area contributed by atoms with Crippen LogP contribution in [0, 0.1) is 26.1 Å². The van der Waals surface area contributed by atoms with E-state index in [9.17, 15) is 20.2 Å². The summed E-state index contributed by atoms with van der Waals surface area (Å²) in [6.07, 6.45) is 1.95. The van der Waals surface area contributed by atoms with Crippen molar-refractivity contribution in [2.24, 2.45) is 5.92 Å². The van der Waals surface area contributed by atoms with Gasteiger partial charge in [0.1, 0.15) is 6.07 Å². The first-order valence-corrected chi connectivity index (χ1v) is 4.90. The number of aryl methyl sites for hydroxylation is 1. The van der Waals surface area contributed by atoms with Gasteiger partial charge in [0.15, 0.2) is 6.20 Å². The van der Waals surface area contributed by atoms with E-state index < -0.39 is 9.85 Å². The summed E-state index contributed by atoms with van der Waals surface area (Å²) in [5.74, 6) is 0.161. The monoisotopic (exact) mass is 227 g/mol. The fourth-order valence-electron chi connectivity index (χ4n) is 1.31. The molecule has 0 aromatic carbocycles. The number of nitrogens with zero attached hydrogens (tertiary/aromatic N) is 3. The van der Waals surface area contributed by atoms with Crippen molar-refractivity contribution in [1.29, 1.82) is 0 Å². The molecule has 0 radical (unpaired) electrons. The van der Waals surface area contributed by atoms with Gasteiger partial charge in [-0.05, 0) is 17.3 Å². The van der Waals surface area contributed by atoms with Crippen molar-refractivity contribution < 1.29 is 9.85 Å². The molecule has 16 heavy (non-hydrogen) atoms. The van der Waals surface area contributed by atoms with Gasteiger partial charge in [0.05, 0.1) is 11.5 Å². The van der Waals surface area contributed by atoms with Crippen LogP contribution >= 0.6 is 0 Å². The maximum atomic E-state index is 10.7. The Kier molecular flexibility index (Phi) is 3.60. The Morgan fingerprint density at radius 2 is 1.94 bits per heavy atom. The summed E-state index contributed by atoms with van der Waals surface area (Å²) in [4.78, 5) is 19.9. The predicted octanol–water partition coefficient (Wildman–Crippen LogP) is 2.35. The Balaban J connectivity index is 2.96. The summed E-state index contributed by atoms with van der Waals surface area (Å²) < 4.78 is 1.32. The first-order chi connectivity index (χ1) is 7.41. The average Bonchev–Trinajstić information content (AvgIpc) is 2.58. The van der Waals surface area contributed by atoms with Crippen molar-refractivity contribution in [1.82, 2.24) is 4.57 Å². The third kappa shape index (κ3) is 2.78. The molecule has 0 aliphatic carbocycles. The second-order valence-corrected chi connectivity index (χ2v) is 3.95.